The van der Waals surface area contributed by atoms with E-state index in [9.17, 15) is 9.18 Å². The Kier molecular flexibility index (Phi) is 5.26. The minimum absolute atomic E-state index is 0.147. The Morgan fingerprint density at radius 2 is 1.88 bits per heavy atom. The minimum Gasteiger partial charge on any atom is -0.482 e. The number of ether oxygens (including phenoxy) is 2. The zero-order valence-corrected chi connectivity index (χ0v) is 14.3. The lowest BCUT2D eigenvalue weighted by molar-refractivity contribution is -0.152. The summed E-state index contributed by atoms with van der Waals surface area (Å²) in [7, 11) is 0. The Balaban J connectivity index is 1.58. The Morgan fingerprint density at radius 3 is 2.62 bits per heavy atom. The van der Waals surface area contributed by atoms with E-state index in [1.54, 1.807) is 13.0 Å². The van der Waals surface area contributed by atoms with Crippen molar-refractivity contribution in [2.75, 3.05) is 6.61 Å². The Labute approximate surface area is 149 Å². The molecular formula is C19H17FN2O4. The molecule has 1 atom stereocenters. The number of halogens is 1. The standard InChI is InChI=1S/C19H17FN2O4/c1-12-5-3-4-6-16(12)24-11-17(23)25-13(2)18-21-22-19(26-18)14-7-9-15(20)10-8-14/h3-10,13H,11H2,1-2H3/t13-/m0/s1. The molecule has 6 nitrogen and oxygen atoms in total. The lowest BCUT2D eigenvalue weighted by Crippen LogP contribution is -2.17. The molecule has 134 valence electrons. The minimum atomic E-state index is -0.732. The van der Waals surface area contributed by atoms with E-state index in [-0.39, 0.29) is 24.2 Å². The van der Waals surface area contributed by atoms with Gasteiger partial charge in [-0.25, -0.2) is 9.18 Å². The third-order valence-corrected chi connectivity index (χ3v) is 3.63. The van der Waals surface area contributed by atoms with Crippen LogP contribution in [0.2, 0.25) is 0 Å². The fourth-order valence-corrected chi connectivity index (χ4v) is 2.24. The van der Waals surface area contributed by atoms with Crippen LogP contribution in [0.1, 0.15) is 24.5 Å². The lowest BCUT2D eigenvalue weighted by Gasteiger charge is -2.11. The molecule has 0 saturated heterocycles. The van der Waals surface area contributed by atoms with Crippen molar-refractivity contribution in [1.29, 1.82) is 0 Å². The summed E-state index contributed by atoms with van der Waals surface area (Å²) in [5.41, 5.74) is 1.50. The van der Waals surface area contributed by atoms with Crippen molar-refractivity contribution < 1.29 is 23.1 Å². The lowest BCUT2D eigenvalue weighted by atomic mass is 10.2. The van der Waals surface area contributed by atoms with Gasteiger partial charge in [0.2, 0.25) is 5.89 Å². The van der Waals surface area contributed by atoms with Gasteiger partial charge >= 0.3 is 5.97 Å². The third kappa shape index (κ3) is 4.24. The van der Waals surface area contributed by atoms with Gasteiger partial charge in [0.1, 0.15) is 11.6 Å². The van der Waals surface area contributed by atoms with Crippen molar-refractivity contribution in [2.45, 2.75) is 20.0 Å². The van der Waals surface area contributed by atoms with E-state index >= 15 is 0 Å². The van der Waals surface area contributed by atoms with Gasteiger partial charge in [-0.1, -0.05) is 18.2 Å². The normalized spacial score (nSPS) is 11.8. The number of benzene rings is 2. The quantitative estimate of drug-likeness (QED) is 0.624. The Morgan fingerprint density at radius 1 is 1.15 bits per heavy atom. The number of carbonyl (C=O) groups excluding carboxylic acids is 1. The molecule has 0 unspecified atom stereocenters. The molecule has 0 radical (unpaired) electrons. The first-order valence-corrected chi connectivity index (χ1v) is 8.00. The first-order chi connectivity index (χ1) is 12.5. The van der Waals surface area contributed by atoms with Crippen LogP contribution in [0, 0.1) is 12.7 Å². The predicted octanol–water partition coefficient (Wildman–Crippen LogP) is 3.87. The van der Waals surface area contributed by atoms with Gasteiger partial charge in [0.15, 0.2) is 12.7 Å². The highest BCUT2D eigenvalue weighted by Crippen LogP contribution is 2.23. The topological polar surface area (TPSA) is 74.5 Å². The number of esters is 1. The number of aryl methyl sites for hydroxylation is 1. The SMILES string of the molecule is Cc1ccccc1OCC(=O)O[C@@H](C)c1nnc(-c2ccc(F)cc2)o1. The van der Waals surface area contributed by atoms with Crippen molar-refractivity contribution in [3.63, 3.8) is 0 Å². The molecule has 0 spiro atoms. The second kappa shape index (κ2) is 7.77. The average Bonchev–Trinajstić information content (AvgIpc) is 3.12. The monoisotopic (exact) mass is 356 g/mol. The molecule has 3 rings (SSSR count). The Hall–Kier alpha value is -3.22. The number of rotatable bonds is 6. The van der Waals surface area contributed by atoms with Crippen LogP contribution in [-0.4, -0.2) is 22.8 Å². The zero-order valence-electron chi connectivity index (χ0n) is 14.3. The van der Waals surface area contributed by atoms with Crippen LogP contribution in [-0.2, 0) is 9.53 Å². The third-order valence-electron chi connectivity index (χ3n) is 3.63. The van der Waals surface area contributed by atoms with E-state index in [0.717, 1.165) is 5.56 Å². The highest BCUT2D eigenvalue weighted by atomic mass is 19.1. The summed E-state index contributed by atoms with van der Waals surface area (Å²) >= 11 is 0. The first-order valence-electron chi connectivity index (χ1n) is 8.00. The molecule has 0 amide bonds. The van der Waals surface area contributed by atoms with Gasteiger partial charge in [0, 0.05) is 5.56 Å². The fraction of sp³-hybridized carbons (Fsp3) is 0.211. The molecule has 0 fully saturated rings. The van der Waals surface area contributed by atoms with E-state index in [1.165, 1.54) is 24.3 Å². The highest BCUT2D eigenvalue weighted by molar-refractivity contribution is 5.71. The van der Waals surface area contributed by atoms with Gasteiger partial charge in [-0.3, -0.25) is 0 Å². The summed E-state index contributed by atoms with van der Waals surface area (Å²) < 4.78 is 29.1. The van der Waals surface area contributed by atoms with E-state index in [4.69, 9.17) is 13.9 Å². The van der Waals surface area contributed by atoms with Crippen LogP contribution in [0.3, 0.4) is 0 Å². The van der Waals surface area contributed by atoms with Crippen LogP contribution in [0.25, 0.3) is 11.5 Å². The van der Waals surface area contributed by atoms with E-state index in [2.05, 4.69) is 10.2 Å². The van der Waals surface area contributed by atoms with E-state index < -0.39 is 12.1 Å². The van der Waals surface area contributed by atoms with Gasteiger partial charge in [0.25, 0.3) is 5.89 Å². The van der Waals surface area contributed by atoms with Gasteiger partial charge in [0.05, 0.1) is 0 Å². The van der Waals surface area contributed by atoms with Gasteiger partial charge < -0.3 is 13.9 Å². The Bertz CT molecular complexity index is 893. The van der Waals surface area contributed by atoms with Crippen molar-refractivity contribution >= 4 is 5.97 Å². The van der Waals surface area contributed by atoms with Gasteiger partial charge in [-0.15, -0.1) is 10.2 Å². The summed E-state index contributed by atoms with van der Waals surface area (Å²) in [6.45, 7) is 3.28. The van der Waals surface area contributed by atoms with E-state index in [1.807, 2.05) is 25.1 Å². The summed E-state index contributed by atoms with van der Waals surface area (Å²) in [5, 5.41) is 7.76. The van der Waals surface area contributed by atoms with Crippen LogP contribution in [0.5, 0.6) is 5.75 Å². The summed E-state index contributed by atoms with van der Waals surface area (Å²) in [6.07, 6.45) is -0.732. The number of nitrogens with zero attached hydrogens (tertiary/aromatic N) is 2. The molecule has 0 aliphatic rings. The highest BCUT2D eigenvalue weighted by Gasteiger charge is 2.19. The summed E-state index contributed by atoms with van der Waals surface area (Å²) in [4.78, 5) is 11.9. The first kappa shape index (κ1) is 17.6. The molecule has 0 bridgehead atoms. The van der Waals surface area contributed by atoms with Crippen molar-refractivity contribution in [3.05, 3.63) is 65.8 Å². The second-order valence-corrected chi connectivity index (χ2v) is 5.64. The van der Waals surface area contributed by atoms with Crippen molar-refractivity contribution in [2.24, 2.45) is 0 Å². The molecule has 0 aliphatic heterocycles. The number of para-hydroxylation sites is 1. The van der Waals surface area contributed by atoms with Crippen molar-refractivity contribution in [3.8, 4) is 17.2 Å². The molecule has 0 N–H and O–H groups in total. The molecule has 7 heteroatoms. The van der Waals surface area contributed by atoms with Crippen LogP contribution in [0.15, 0.2) is 52.9 Å². The van der Waals surface area contributed by atoms with Crippen LogP contribution in [0.4, 0.5) is 4.39 Å². The number of hydrogen-bond acceptors (Lipinski definition) is 6. The maximum absolute atomic E-state index is 13.0. The molecule has 26 heavy (non-hydrogen) atoms. The molecular weight excluding hydrogens is 339 g/mol. The predicted molar refractivity (Wildman–Crippen MR) is 90.9 cm³/mol. The number of hydrogen-bond donors (Lipinski definition) is 0. The van der Waals surface area contributed by atoms with Gasteiger partial charge in [-0.05, 0) is 49.7 Å². The van der Waals surface area contributed by atoms with Crippen molar-refractivity contribution in [1.82, 2.24) is 10.2 Å². The molecule has 0 aliphatic carbocycles. The zero-order chi connectivity index (χ0) is 18.5. The second-order valence-electron chi connectivity index (χ2n) is 5.64. The molecule has 0 saturated carbocycles. The molecule has 2 aromatic carbocycles. The van der Waals surface area contributed by atoms with E-state index in [0.29, 0.717) is 11.3 Å². The maximum atomic E-state index is 13.0. The van der Waals surface area contributed by atoms with Crippen LogP contribution < -0.4 is 4.74 Å². The van der Waals surface area contributed by atoms with Gasteiger partial charge in [-0.2, -0.15) is 0 Å². The molecule has 1 heterocycles. The summed E-state index contributed by atoms with van der Waals surface area (Å²) in [6, 6.07) is 13.0. The largest absolute Gasteiger partial charge is 0.482 e. The van der Waals surface area contributed by atoms with Crippen LogP contribution >= 0.6 is 0 Å². The number of carbonyl (C=O) groups is 1. The fourth-order valence-electron chi connectivity index (χ4n) is 2.24. The molecule has 1 aromatic heterocycles. The smallest absolute Gasteiger partial charge is 0.344 e. The average molecular weight is 356 g/mol. The number of aromatic nitrogens is 2. The molecule has 3 aromatic rings. The summed E-state index contributed by atoms with van der Waals surface area (Å²) in [5.74, 6) is 0.0767. The maximum Gasteiger partial charge on any atom is 0.344 e.